The number of nitrogens with one attached hydrogen (secondary N) is 2. The Labute approximate surface area is 140 Å². The van der Waals surface area contributed by atoms with Crippen LogP contribution in [0.25, 0.3) is 0 Å². The molecule has 128 valence electrons. The number of carbonyl (C=O) groups excluding carboxylic acids is 2. The lowest BCUT2D eigenvalue weighted by Crippen LogP contribution is -2.46. The number of nitrogens with zero attached hydrogens (tertiary/aromatic N) is 2. The number of hydrogen-bond acceptors (Lipinski definition) is 5. The largest absolute Gasteiger partial charge is 0.365 e. The van der Waals surface area contributed by atoms with E-state index < -0.39 is 6.10 Å². The molecule has 0 aromatic carbocycles. The summed E-state index contributed by atoms with van der Waals surface area (Å²) in [4.78, 5) is 31.0. The lowest BCUT2D eigenvalue weighted by Gasteiger charge is -2.27. The number of ether oxygens (including phenoxy) is 1. The molecule has 3 unspecified atom stereocenters. The van der Waals surface area contributed by atoms with E-state index in [-0.39, 0.29) is 24.0 Å². The molecule has 1 aromatic heterocycles. The van der Waals surface area contributed by atoms with Crippen LogP contribution in [0.15, 0.2) is 18.3 Å². The highest BCUT2D eigenvalue weighted by atomic mass is 16.5. The summed E-state index contributed by atoms with van der Waals surface area (Å²) in [7, 11) is 0. The van der Waals surface area contributed by atoms with Crippen LogP contribution in [0.3, 0.4) is 0 Å². The number of amides is 2. The zero-order chi connectivity index (χ0) is 16.7. The normalized spacial score (nSPS) is 31.5. The van der Waals surface area contributed by atoms with Crippen molar-refractivity contribution in [3.63, 3.8) is 0 Å². The summed E-state index contributed by atoms with van der Waals surface area (Å²) < 4.78 is 5.58. The molecule has 0 saturated carbocycles. The zero-order valence-electron chi connectivity index (χ0n) is 13.7. The van der Waals surface area contributed by atoms with Gasteiger partial charge in [0.2, 0.25) is 0 Å². The molecule has 7 nitrogen and oxygen atoms in total. The van der Waals surface area contributed by atoms with Crippen LogP contribution in [0.5, 0.6) is 0 Å². The van der Waals surface area contributed by atoms with Crippen LogP contribution in [0.1, 0.15) is 36.7 Å². The van der Waals surface area contributed by atoms with Crippen molar-refractivity contribution in [1.82, 2.24) is 15.2 Å². The molecule has 3 saturated heterocycles. The number of hydrogen-bond donors (Lipinski definition) is 2. The average Bonchev–Trinajstić information content (AvgIpc) is 3.31. The van der Waals surface area contributed by atoms with Crippen LogP contribution >= 0.6 is 0 Å². The summed E-state index contributed by atoms with van der Waals surface area (Å²) in [6.45, 7) is 3.55. The molecule has 7 heteroatoms. The first-order valence-electron chi connectivity index (χ1n) is 8.57. The Balaban J connectivity index is 1.43. The van der Waals surface area contributed by atoms with E-state index >= 15 is 0 Å². The van der Waals surface area contributed by atoms with E-state index in [2.05, 4.69) is 15.6 Å². The highest BCUT2D eigenvalue weighted by Gasteiger charge is 2.40. The second-order valence-electron chi connectivity index (χ2n) is 6.88. The molecule has 1 aromatic rings. The summed E-state index contributed by atoms with van der Waals surface area (Å²) >= 11 is 0. The highest BCUT2D eigenvalue weighted by molar-refractivity contribution is 5.97. The quantitative estimate of drug-likeness (QED) is 0.855. The zero-order valence-corrected chi connectivity index (χ0v) is 13.7. The number of rotatable bonds is 3. The lowest BCUT2D eigenvalue weighted by molar-refractivity contribution is -0.126. The minimum absolute atomic E-state index is 0.0640. The number of piperazine rings is 1. The number of aromatic nitrogens is 1. The van der Waals surface area contributed by atoms with Crippen molar-refractivity contribution in [2.75, 3.05) is 18.4 Å². The van der Waals surface area contributed by atoms with Gasteiger partial charge in [-0.15, -0.1) is 0 Å². The SMILES string of the molecule is CC1CCC(C(=O)Nc2ccnc(C(=O)N3CC4C[C@@H]3CN4)c2)O1. The van der Waals surface area contributed by atoms with Crippen molar-refractivity contribution >= 4 is 17.5 Å². The molecule has 3 fully saturated rings. The number of fused-ring (bicyclic) bond motifs is 2. The number of anilines is 1. The maximum absolute atomic E-state index is 12.7. The van der Waals surface area contributed by atoms with Gasteiger partial charge in [0, 0.05) is 37.1 Å². The molecule has 3 aliphatic rings. The molecule has 0 radical (unpaired) electrons. The Morgan fingerprint density at radius 3 is 2.96 bits per heavy atom. The Hall–Kier alpha value is -1.99. The molecule has 4 heterocycles. The van der Waals surface area contributed by atoms with Gasteiger partial charge in [0.1, 0.15) is 11.8 Å². The first-order chi connectivity index (χ1) is 11.6. The van der Waals surface area contributed by atoms with Gasteiger partial charge in [0.05, 0.1) is 6.10 Å². The number of carbonyl (C=O) groups is 2. The van der Waals surface area contributed by atoms with Gasteiger partial charge in [-0.3, -0.25) is 14.6 Å². The molecule has 0 aliphatic carbocycles. The fourth-order valence-electron chi connectivity index (χ4n) is 3.80. The van der Waals surface area contributed by atoms with Gasteiger partial charge in [-0.2, -0.15) is 0 Å². The summed E-state index contributed by atoms with van der Waals surface area (Å²) in [5.41, 5.74) is 0.963. The Morgan fingerprint density at radius 2 is 2.29 bits per heavy atom. The third-order valence-electron chi connectivity index (χ3n) is 5.09. The third-order valence-corrected chi connectivity index (χ3v) is 5.09. The summed E-state index contributed by atoms with van der Waals surface area (Å²) in [5, 5.41) is 6.22. The second kappa shape index (κ2) is 6.14. The van der Waals surface area contributed by atoms with Gasteiger partial charge < -0.3 is 20.3 Å². The highest BCUT2D eigenvalue weighted by Crippen LogP contribution is 2.25. The predicted octanol–water partition coefficient (Wildman–Crippen LogP) is 0.774. The minimum Gasteiger partial charge on any atom is -0.365 e. The molecule has 24 heavy (non-hydrogen) atoms. The van der Waals surface area contributed by atoms with Gasteiger partial charge in [0.25, 0.3) is 11.8 Å². The van der Waals surface area contributed by atoms with Crippen LogP contribution in [0.4, 0.5) is 5.69 Å². The van der Waals surface area contributed by atoms with E-state index in [1.807, 2.05) is 11.8 Å². The van der Waals surface area contributed by atoms with Crippen molar-refractivity contribution in [2.24, 2.45) is 0 Å². The van der Waals surface area contributed by atoms with E-state index in [1.165, 1.54) is 0 Å². The summed E-state index contributed by atoms with van der Waals surface area (Å²) in [6.07, 6.45) is 3.91. The Morgan fingerprint density at radius 1 is 1.42 bits per heavy atom. The van der Waals surface area contributed by atoms with E-state index in [4.69, 9.17) is 4.74 Å². The fourth-order valence-corrected chi connectivity index (χ4v) is 3.80. The average molecular weight is 330 g/mol. The van der Waals surface area contributed by atoms with Crippen molar-refractivity contribution in [1.29, 1.82) is 0 Å². The van der Waals surface area contributed by atoms with Gasteiger partial charge in [-0.05, 0) is 38.3 Å². The van der Waals surface area contributed by atoms with Crippen molar-refractivity contribution in [2.45, 2.75) is 50.5 Å². The number of pyridine rings is 1. The predicted molar refractivity (Wildman–Crippen MR) is 87.7 cm³/mol. The molecule has 2 amide bonds. The van der Waals surface area contributed by atoms with Gasteiger partial charge >= 0.3 is 0 Å². The van der Waals surface area contributed by atoms with Crippen molar-refractivity contribution in [3.05, 3.63) is 24.0 Å². The third kappa shape index (κ3) is 2.89. The van der Waals surface area contributed by atoms with E-state index in [0.717, 1.165) is 32.4 Å². The van der Waals surface area contributed by atoms with Crippen LogP contribution in [-0.4, -0.2) is 59.1 Å². The fraction of sp³-hybridized carbons (Fsp3) is 0.588. The molecule has 4 atom stereocenters. The van der Waals surface area contributed by atoms with Gasteiger partial charge in [0.15, 0.2) is 0 Å². The molecule has 2 bridgehead atoms. The molecular weight excluding hydrogens is 308 g/mol. The van der Waals surface area contributed by atoms with Crippen molar-refractivity contribution < 1.29 is 14.3 Å². The molecule has 0 spiro atoms. The smallest absolute Gasteiger partial charge is 0.272 e. The number of likely N-dealkylation sites (tertiary alicyclic amines) is 1. The van der Waals surface area contributed by atoms with Crippen LogP contribution in [0, 0.1) is 0 Å². The van der Waals surface area contributed by atoms with E-state index in [9.17, 15) is 9.59 Å². The summed E-state index contributed by atoms with van der Waals surface area (Å²) in [6, 6.07) is 4.02. The molecule has 4 rings (SSSR count). The first kappa shape index (κ1) is 15.5. The van der Waals surface area contributed by atoms with Crippen LogP contribution < -0.4 is 10.6 Å². The van der Waals surface area contributed by atoms with Gasteiger partial charge in [-0.25, -0.2) is 0 Å². The minimum atomic E-state index is -0.410. The molecule has 3 aliphatic heterocycles. The van der Waals surface area contributed by atoms with Gasteiger partial charge in [-0.1, -0.05) is 0 Å². The molecule has 2 N–H and O–H groups in total. The van der Waals surface area contributed by atoms with Crippen LogP contribution in [-0.2, 0) is 9.53 Å². The van der Waals surface area contributed by atoms with Crippen LogP contribution in [0.2, 0.25) is 0 Å². The Bertz CT molecular complexity index is 665. The maximum atomic E-state index is 12.7. The second-order valence-corrected chi connectivity index (χ2v) is 6.88. The maximum Gasteiger partial charge on any atom is 0.272 e. The van der Waals surface area contributed by atoms with Crippen molar-refractivity contribution in [3.8, 4) is 0 Å². The lowest BCUT2D eigenvalue weighted by atomic mass is 10.2. The van der Waals surface area contributed by atoms with E-state index in [1.54, 1.807) is 18.3 Å². The monoisotopic (exact) mass is 330 g/mol. The first-order valence-corrected chi connectivity index (χ1v) is 8.57. The molecular formula is C17H22N4O3. The summed E-state index contributed by atoms with van der Waals surface area (Å²) in [5.74, 6) is -0.223. The Kier molecular flexibility index (Phi) is 3.97. The topological polar surface area (TPSA) is 83.6 Å². The standard InChI is InChI=1S/C17H22N4O3/c1-10-2-3-15(24-10)16(22)20-11-4-5-18-14(7-11)17(23)21-9-12-6-13(21)8-19-12/h4-5,7,10,12-13,15,19H,2-3,6,8-9H2,1H3,(H,18,20,22)/t10?,12?,13-,15?/m1/s1. The van der Waals surface area contributed by atoms with E-state index in [0.29, 0.717) is 17.4 Å².